The van der Waals surface area contributed by atoms with E-state index in [1.54, 1.807) is 12.1 Å². The summed E-state index contributed by atoms with van der Waals surface area (Å²) in [6.07, 6.45) is 0. The van der Waals surface area contributed by atoms with Crippen LogP contribution in [0.4, 0.5) is 10.2 Å². The van der Waals surface area contributed by atoms with Gasteiger partial charge in [-0.1, -0.05) is 10.5 Å². The third-order valence-electron chi connectivity index (χ3n) is 3.20. The van der Waals surface area contributed by atoms with Crippen LogP contribution in [0.3, 0.4) is 0 Å². The molecule has 0 bridgehead atoms. The molecule has 0 aliphatic carbocycles. The summed E-state index contributed by atoms with van der Waals surface area (Å²) in [6.45, 7) is 2.92. The van der Waals surface area contributed by atoms with Gasteiger partial charge in [-0.25, -0.2) is 0 Å². The molecule has 1 aliphatic rings. The van der Waals surface area contributed by atoms with Crippen LogP contribution in [0.25, 0.3) is 10.9 Å². The molecule has 3 rings (SSSR count). The van der Waals surface area contributed by atoms with E-state index in [0.29, 0.717) is 24.1 Å². The Hall–Kier alpha value is -1.88. The van der Waals surface area contributed by atoms with Gasteiger partial charge < -0.3 is 9.64 Å². The zero-order chi connectivity index (χ0) is 12.5. The molecule has 4 nitrogen and oxygen atoms in total. The Kier molecular flexibility index (Phi) is 2.76. The SMILES string of the molecule is O=c1ccc2ccc(N3CCOCC3)cc2n1F. The highest BCUT2D eigenvalue weighted by molar-refractivity contribution is 5.82. The molecule has 1 aromatic heterocycles. The number of anilines is 1. The average Bonchev–Trinajstić information content (AvgIpc) is 2.44. The molecule has 0 N–H and O–H groups in total. The summed E-state index contributed by atoms with van der Waals surface area (Å²) in [5.41, 5.74) is 0.593. The molecule has 94 valence electrons. The van der Waals surface area contributed by atoms with Gasteiger partial charge >= 0.3 is 0 Å². The highest BCUT2D eigenvalue weighted by Gasteiger charge is 2.12. The molecule has 0 unspecified atom stereocenters. The normalized spacial score (nSPS) is 16.2. The smallest absolute Gasteiger partial charge is 0.279 e. The first-order valence-electron chi connectivity index (χ1n) is 5.90. The number of morpholine rings is 1. The first-order valence-corrected chi connectivity index (χ1v) is 5.90. The van der Waals surface area contributed by atoms with E-state index < -0.39 is 5.56 Å². The molecular formula is C13H13FN2O2. The summed E-state index contributed by atoms with van der Waals surface area (Å²) >= 11 is 0. The molecule has 18 heavy (non-hydrogen) atoms. The quantitative estimate of drug-likeness (QED) is 0.768. The molecular weight excluding hydrogens is 235 g/mol. The average molecular weight is 248 g/mol. The van der Waals surface area contributed by atoms with Crippen LogP contribution in [0, 0.1) is 0 Å². The molecule has 0 saturated carbocycles. The van der Waals surface area contributed by atoms with Crippen LogP contribution >= 0.6 is 0 Å². The Morgan fingerprint density at radius 1 is 1.11 bits per heavy atom. The summed E-state index contributed by atoms with van der Waals surface area (Å²) in [5.74, 6) is 0. The Labute approximate surface area is 103 Å². The summed E-state index contributed by atoms with van der Waals surface area (Å²) in [5, 5.41) is 0.717. The van der Waals surface area contributed by atoms with Gasteiger partial charge in [0, 0.05) is 30.2 Å². The Balaban J connectivity index is 2.09. The van der Waals surface area contributed by atoms with Crippen molar-refractivity contribution in [2.75, 3.05) is 31.2 Å². The third-order valence-corrected chi connectivity index (χ3v) is 3.20. The largest absolute Gasteiger partial charge is 0.378 e. The number of benzene rings is 1. The van der Waals surface area contributed by atoms with E-state index in [4.69, 9.17) is 4.74 Å². The molecule has 1 fully saturated rings. The number of ether oxygens (including phenoxy) is 1. The van der Waals surface area contributed by atoms with Gasteiger partial charge in [-0.15, -0.1) is 4.79 Å². The molecule has 1 aromatic carbocycles. The number of fused-ring (bicyclic) bond motifs is 1. The van der Waals surface area contributed by atoms with Crippen LogP contribution in [-0.4, -0.2) is 31.1 Å². The molecule has 0 atom stereocenters. The van der Waals surface area contributed by atoms with E-state index >= 15 is 0 Å². The summed E-state index contributed by atoms with van der Waals surface area (Å²) in [4.78, 5) is 13.6. The van der Waals surface area contributed by atoms with Crippen LogP contribution in [0.5, 0.6) is 0 Å². The number of hydrogen-bond acceptors (Lipinski definition) is 3. The standard InChI is InChI=1S/C13H13FN2O2/c14-16-12-9-11(15-5-7-18-8-6-15)3-1-10(12)2-4-13(16)17/h1-4,9H,5-8H2. The molecule has 1 aliphatic heterocycles. The maximum atomic E-state index is 13.7. The second-order valence-electron chi connectivity index (χ2n) is 4.29. The maximum absolute atomic E-state index is 13.7. The van der Waals surface area contributed by atoms with Crippen molar-refractivity contribution >= 4 is 16.6 Å². The zero-order valence-electron chi connectivity index (χ0n) is 9.80. The van der Waals surface area contributed by atoms with Crippen molar-refractivity contribution in [3.05, 3.63) is 40.7 Å². The Morgan fingerprint density at radius 2 is 1.83 bits per heavy atom. The lowest BCUT2D eigenvalue weighted by molar-refractivity contribution is 0.122. The van der Waals surface area contributed by atoms with E-state index in [2.05, 4.69) is 4.90 Å². The first-order chi connectivity index (χ1) is 8.75. The lowest BCUT2D eigenvalue weighted by Crippen LogP contribution is -2.36. The van der Waals surface area contributed by atoms with Crippen molar-refractivity contribution in [3.8, 4) is 0 Å². The van der Waals surface area contributed by atoms with E-state index in [9.17, 15) is 9.28 Å². The van der Waals surface area contributed by atoms with Gasteiger partial charge in [-0.2, -0.15) is 0 Å². The number of nitrogens with zero attached hydrogens (tertiary/aromatic N) is 2. The molecule has 1 saturated heterocycles. The van der Waals surface area contributed by atoms with Crippen LogP contribution in [0.15, 0.2) is 35.1 Å². The van der Waals surface area contributed by atoms with E-state index in [1.807, 2.05) is 12.1 Å². The predicted octanol–water partition coefficient (Wildman–Crippen LogP) is 1.57. The zero-order valence-corrected chi connectivity index (χ0v) is 9.80. The number of aromatic nitrogens is 1. The molecule has 5 heteroatoms. The van der Waals surface area contributed by atoms with Gasteiger partial charge in [0.05, 0.1) is 18.7 Å². The van der Waals surface area contributed by atoms with Gasteiger partial charge in [-0.05, 0) is 18.2 Å². The van der Waals surface area contributed by atoms with Crippen LogP contribution in [0.1, 0.15) is 0 Å². The monoisotopic (exact) mass is 248 g/mol. The highest BCUT2D eigenvalue weighted by atomic mass is 19.2. The van der Waals surface area contributed by atoms with Gasteiger partial charge in [0.25, 0.3) is 5.56 Å². The molecule has 2 heterocycles. The van der Waals surface area contributed by atoms with Crippen LogP contribution in [-0.2, 0) is 4.74 Å². The van der Waals surface area contributed by atoms with E-state index in [-0.39, 0.29) is 4.79 Å². The molecule has 0 spiro atoms. The molecule has 0 radical (unpaired) electrons. The number of pyridine rings is 1. The van der Waals surface area contributed by atoms with Gasteiger partial charge in [0.15, 0.2) is 0 Å². The molecule has 2 aromatic rings. The first kappa shape index (κ1) is 11.2. The van der Waals surface area contributed by atoms with E-state index in [1.165, 1.54) is 6.07 Å². The fourth-order valence-corrected chi connectivity index (χ4v) is 2.21. The minimum Gasteiger partial charge on any atom is -0.378 e. The minimum absolute atomic E-state index is 0.194. The Bertz CT molecular complexity index is 632. The lowest BCUT2D eigenvalue weighted by Gasteiger charge is -2.29. The van der Waals surface area contributed by atoms with Crippen molar-refractivity contribution < 1.29 is 9.22 Å². The van der Waals surface area contributed by atoms with Gasteiger partial charge in [0.1, 0.15) is 0 Å². The lowest BCUT2D eigenvalue weighted by atomic mass is 10.2. The van der Waals surface area contributed by atoms with Crippen molar-refractivity contribution in [2.45, 2.75) is 0 Å². The fraction of sp³-hybridized carbons (Fsp3) is 0.308. The number of hydrogen-bond donors (Lipinski definition) is 0. The van der Waals surface area contributed by atoms with Crippen molar-refractivity contribution in [3.63, 3.8) is 0 Å². The van der Waals surface area contributed by atoms with Crippen LogP contribution < -0.4 is 10.5 Å². The van der Waals surface area contributed by atoms with Crippen LogP contribution in [0.2, 0.25) is 0 Å². The van der Waals surface area contributed by atoms with Gasteiger partial charge in [-0.3, -0.25) is 4.79 Å². The third kappa shape index (κ3) is 1.86. The summed E-state index contributed by atoms with van der Waals surface area (Å²) < 4.78 is 19.0. The number of rotatable bonds is 1. The predicted molar refractivity (Wildman–Crippen MR) is 67.7 cm³/mol. The Morgan fingerprint density at radius 3 is 2.61 bits per heavy atom. The fourth-order valence-electron chi connectivity index (χ4n) is 2.21. The van der Waals surface area contributed by atoms with Crippen molar-refractivity contribution in [1.82, 2.24) is 4.79 Å². The topological polar surface area (TPSA) is 34.5 Å². The maximum Gasteiger partial charge on any atom is 0.279 e. The highest BCUT2D eigenvalue weighted by Crippen LogP contribution is 2.22. The second-order valence-corrected chi connectivity index (χ2v) is 4.29. The molecule has 0 amide bonds. The second kappa shape index (κ2) is 4.42. The minimum atomic E-state index is -0.637. The van der Waals surface area contributed by atoms with Crippen molar-refractivity contribution in [2.24, 2.45) is 0 Å². The van der Waals surface area contributed by atoms with Crippen molar-refractivity contribution in [1.29, 1.82) is 0 Å². The summed E-state index contributed by atoms with van der Waals surface area (Å²) in [6, 6.07) is 8.35. The summed E-state index contributed by atoms with van der Waals surface area (Å²) in [7, 11) is 0. The van der Waals surface area contributed by atoms with E-state index in [0.717, 1.165) is 18.8 Å². The van der Waals surface area contributed by atoms with Gasteiger partial charge in [0.2, 0.25) is 0 Å². The number of halogens is 1.